The fourth-order valence-electron chi connectivity index (χ4n) is 1.77. The summed E-state index contributed by atoms with van der Waals surface area (Å²) in [6.07, 6.45) is 2.28. The Labute approximate surface area is 130 Å². The van der Waals surface area contributed by atoms with E-state index >= 15 is 0 Å². The van der Waals surface area contributed by atoms with Gasteiger partial charge in [-0.1, -0.05) is 11.6 Å². The van der Waals surface area contributed by atoms with E-state index in [2.05, 4.69) is 10.4 Å². The van der Waals surface area contributed by atoms with Crippen molar-refractivity contribution in [2.45, 2.75) is 13.0 Å². The van der Waals surface area contributed by atoms with Gasteiger partial charge in [0.25, 0.3) is 0 Å². The van der Waals surface area contributed by atoms with Crippen LogP contribution in [0.1, 0.15) is 13.0 Å². The van der Waals surface area contributed by atoms with E-state index in [9.17, 15) is 14.9 Å². The summed E-state index contributed by atoms with van der Waals surface area (Å²) in [5.41, 5.74) is 0.230. The van der Waals surface area contributed by atoms with Gasteiger partial charge in [-0.15, -0.1) is 0 Å². The van der Waals surface area contributed by atoms with Crippen LogP contribution >= 0.6 is 11.6 Å². The van der Waals surface area contributed by atoms with Gasteiger partial charge in [0.1, 0.15) is 24.2 Å². The molecule has 1 heterocycles. The topological polar surface area (TPSA) is 99.3 Å². The average Bonchev–Trinajstić information content (AvgIpc) is 2.96. The number of halogens is 1. The normalized spacial score (nSPS) is 11.8. The molecule has 22 heavy (non-hydrogen) atoms. The molecule has 0 saturated heterocycles. The molecule has 116 valence electrons. The van der Waals surface area contributed by atoms with Crippen LogP contribution in [0.15, 0.2) is 30.6 Å². The lowest BCUT2D eigenvalue weighted by atomic mass is 10.2. The van der Waals surface area contributed by atoms with Crippen molar-refractivity contribution in [2.75, 3.05) is 12.4 Å². The van der Waals surface area contributed by atoms with Gasteiger partial charge in [0.2, 0.25) is 5.91 Å². The quantitative estimate of drug-likeness (QED) is 0.673. The summed E-state index contributed by atoms with van der Waals surface area (Å²) in [6, 6.07) is 4.08. The van der Waals surface area contributed by atoms with Crippen molar-refractivity contribution in [2.24, 2.45) is 0 Å². The van der Waals surface area contributed by atoms with Crippen LogP contribution in [0.5, 0.6) is 5.75 Å². The molecule has 0 aliphatic rings. The number of nitrogens with one attached hydrogen (secondary N) is 1. The monoisotopic (exact) mass is 324 g/mol. The first-order chi connectivity index (χ1) is 10.4. The minimum Gasteiger partial charge on any atom is -0.495 e. The molecule has 0 radical (unpaired) electrons. The highest BCUT2D eigenvalue weighted by molar-refractivity contribution is 6.31. The second-order valence-electron chi connectivity index (χ2n) is 4.45. The fourth-order valence-corrected chi connectivity index (χ4v) is 1.94. The van der Waals surface area contributed by atoms with Crippen molar-refractivity contribution in [3.63, 3.8) is 0 Å². The van der Waals surface area contributed by atoms with Crippen molar-refractivity contribution in [1.29, 1.82) is 0 Å². The largest absolute Gasteiger partial charge is 0.495 e. The van der Waals surface area contributed by atoms with Crippen LogP contribution in [0, 0.1) is 10.1 Å². The number of methoxy groups -OCH3 is 1. The van der Waals surface area contributed by atoms with Crippen molar-refractivity contribution >= 4 is 28.9 Å². The van der Waals surface area contributed by atoms with Crippen LogP contribution in [0.4, 0.5) is 11.4 Å². The number of aromatic nitrogens is 2. The summed E-state index contributed by atoms with van der Waals surface area (Å²) < 4.78 is 6.35. The second kappa shape index (κ2) is 6.44. The maximum Gasteiger partial charge on any atom is 0.307 e. The third-order valence-corrected chi connectivity index (χ3v) is 3.23. The Kier molecular flexibility index (Phi) is 4.62. The van der Waals surface area contributed by atoms with Crippen molar-refractivity contribution in [3.8, 4) is 5.75 Å². The molecule has 0 bridgehead atoms. The summed E-state index contributed by atoms with van der Waals surface area (Å²) in [7, 11) is 1.47. The predicted octanol–water partition coefficient (Wildman–Crippen LogP) is 2.65. The van der Waals surface area contributed by atoms with Crippen LogP contribution < -0.4 is 10.1 Å². The summed E-state index contributed by atoms with van der Waals surface area (Å²) in [6.45, 7) is 1.57. The van der Waals surface area contributed by atoms with Gasteiger partial charge in [-0.3, -0.25) is 19.6 Å². The molecule has 1 amide bonds. The third kappa shape index (κ3) is 3.34. The maximum absolute atomic E-state index is 12.2. The standard InChI is InChI=1S/C13H13ClN4O4/c1-8(17-7-10(6-15-17)18(20)21)13(19)16-11-5-9(14)3-4-12(11)22-2/h3-8H,1-2H3,(H,16,19)/t8-/m1/s1. The molecule has 1 aromatic carbocycles. The smallest absolute Gasteiger partial charge is 0.307 e. The number of hydrogen-bond acceptors (Lipinski definition) is 5. The van der Waals surface area contributed by atoms with Gasteiger partial charge in [-0.25, -0.2) is 0 Å². The van der Waals surface area contributed by atoms with E-state index in [0.29, 0.717) is 16.5 Å². The van der Waals surface area contributed by atoms with Gasteiger partial charge in [0.05, 0.1) is 17.7 Å². The van der Waals surface area contributed by atoms with Gasteiger partial charge >= 0.3 is 5.69 Å². The van der Waals surface area contributed by atoms with Crippen molar-refractivity contribution in [1.82, 2.24) is 9.78 Å². The number of carbonyl (C=O) groups excluding carboxylic acids is 1. The van der Waals surface area contributed by atoms with Crippen LogP contribution in [0.3, 0.4) is 0 Å². The number of nitro groups is 1. The Morgan fingerprint density at radius 2 is 2.27 bits per heavy atom. The number of carbonyl (C=O) groups is 1. The Balaban J connectivity index is 2.17. The van der Waals surface area contributed by atoms with E-state index in [1.165, 1.54) is 18.0 Å². The SMILES string of the molecule is COc1ccc(Cl)cc1NC(=O)[C@@H](C)n1cc([N+](=O)[O-])cn1. The van der Waals surface area contributed by atoms with Crippen LogP contribution in [0.25, 0.3) is 0 Å². The third-order valence-electron chi connectivity index (χ3n) is 2.99. The zero-order valence-corrected chi connectivity index (χ0v) is 12.6. The minimum atomic E-state index is -0.739. The molecule has 1 atom stereocenters. The number of nitrogens with zero attached hydrogens (tertiary/aromatic N) is 3. The number of ether oxygens (including phenoxy) is 1. The lowest BCUT2D eigenvalue weighted by molar-refractivity contribution is -0.385. The Hall–Kier alpha value is -2.61. The molecule has 9 heteroatoms. The maximum atomic E-state index is 12.2. The van der Waals surface area contributed by atoms with E-state index < -0.39 is 16.9 Å². The number of benzene rings is 1. The second-order valence-corrected chi connectivity index (χ2v) is 4.88. The summed E-state index contributed by atoms with van der Waals surface area (Å²) in [5.74, 6) is 0.0509. The Bertz CT molecular complexity index is 716. The fraction of sp³-hybridized carbons (Fsp3) is 0.231. The van der Waals surface area contributed by atoms with E-state index in [1.807, 2.05) is 0 Å². The number of rotatable bonds is 5. The first-order valence-corrected chi connectivity index (χ1v) is 6.63. The molecule has 1 aromatic heterocycles. The molecule has 8 nitrogen and oxygen atoms in total. The highest BCUT2D eigenvalue weighted by Gasteiger charge is 2.20. The van der Waals surface area contributed by atoms with Gasteiger partial charge in [-0.05, 0) is 25.1 Å². The van der Waals surface area contributed by atoms with Crippen LogP contribution in [-0.2, 0) is 4.79 Å². The first-order valence-electron chi connectivity index (χ1n) is 6.25. The highest BCUT2D eigenvalue weighted by atomic mass is 35.5. The van der Waals surface area contributed by atoms with Crippen molar-refractivity contribution < 1.29 is 14.5 Å². The molecule has 0 aliphatic carbocycles. The number of hydrogen-bond donors (Lipinski definition) is 1. The summed E-state index contributed by atoms with van der Waals surface area (Å²) >= 11 is 5.89. The zero-order chi connectivity index (χ0) is 16.3. The number of amides is 1. The molecule has 2 aromatic rings. The van der Waals surface area contributed by atoms with Gasteiger partial charge < -0.3 is 10.1 Å². The molecule has 0 unspecified atom stereocenters. The van der Waals surface area contributed by atoms with Gasteiger partial charge in [-0.2, -0.15) is 5.10 Å². The van der Waals surface area contributed by atoms with E-state index in [4.69, 9.17) is 16.3 Å². The molecule has 0 fully saturated rings. The van der Waals surface area contributed by atoms with Crippen LogP contribution in [0.2, 0.25) is 5.02 Å². The average molecular weight is 325 g/mol. The molecule has 0 spiro atoms. The van der Waals surface area contributed by atoms with E-state index in [-0.39, 0.29) is 5.69 Å². The molecular formula is C13H13ClN4O4. The molecule has 2 rings (SSSR count). The van der Waals surface area contributed by atoms with E-state index in [1.54, 1.807) is 25.1 Å². The molecular weight excluding hydrogens is 312 g/mol. The minimum absolute atomic E-state index is 0.181. The Morgan fingerprint density at radius 3 is 2.86 bits per heavy atom. The zero-order valence-electron chi connectivity index (χ0n) is 11.8. The number of anilines is 1. The van der Waals surface area contributed by atoms with Gasteiger partial charge in [0, 0.05) is 5.02 Å². The lowest BCUT2D eigenvalue weighted by Gasteiger charge is -2.14. The summed E-state index contributed by atoms with van der Waals surface area (Å²) in [4.78, 5) is 22.3. The highest BCUT2D eigenvalue weighted by Crippen LogP contribution is 2.28. The van der Waals surface area contributed by atoms with Crippen LogP contribution in [-0.4, -0.2) is 27.7 Å². The molecule has 0 saturated carbocycles. The summed E-state index contributed by atoms with van der Waals surface area (Å²) in [5, 5.41) is 17.6. The molecule has 1 N–H and O–H groups in total. The molecule has 0 aliphatic heterocycles. The van der Waals surface area contributed by atoms with Gasteiger partial charge in [0.15, 0.2) is 0 Å². The van der Waals surface area contributed by atoms with E-state index in [0.717, 1.165) is 6.20 Å². The lowest BCUT2D eigenvalue weighted by Crippen LogP contribution is -2.24. The first kappa shape index (κ1) is 15.8. The van der Waals surface area contributed by atoms with Crippen molar-refractivity contribution in [3.05, 3.63) is 45.7 Å². The predicted molar refractivity (Wildman–Crippen MR) is 80.2 cm³/mol. The Morgan fingerprint density at radius 1 is 1.55 bits per heavy atom.